The molecule has 1 saturated carbocycles. The fraction of sp³-hybridized carbons (Fsp3) is 0.478. The zero-order valence-corrected chi connectivity index (χ0v) is 16.0. The van der Waals surface area contributed by atoms with Crippen molar-refractivity contribution in [3.05, 3.63) is 70.7 Å². The van der Waals surface area contributed by atoms with Gasteiger partial charge in [0.1, 0.15) is 5.60 Å². The van der Waals surface area contributed by atoms with E-state index in [0.29, 0.717) is 11.4 Å². The van der Waals surface area contributed by atoms with E-state index in [9.17, 15) is 5.11 Å². The van der Waals surface area contributed by atoms with Crippen LogP contribution in [-0.2, 0) is 5.60 Å². The van der Waals surface area contributed by atoms with Crippen LogP contribution >= 0.6 is 11.6 Å². The summed E-state index contributed by atoms with van der Waals surface area (Å²) in [7, 11) is 0. The lowest BCUT2D eigenvalue weighted by atomic mass is 9.83. The predicted octanol–water partition coefficient (Wildman–Crippen LogP) is 5.09. The molecule has 2 aliphatic rings. The van der Waals surface area contributed by atoms with Gasteiger partial charge in [-0.2, -0.15) is 0 Å². The molecule has 1 N–H and O–H groups in total. The topological polar surface area (TPSA) is 23.5 Å². The van der Waals surface area contributed by atoms with E-state index < -0.39 is 5.60 Å². The molecule has 1 aliphatic carbocycles. The summed E-state index contributed by atoms with van der Waals surface area (Å²) in [5.74, 6) is 1.80. The highest BCUT2D eigenvalue weighted by molar-refractivity contribution is 6.30. The highest BCUT2D eigenvalue weighted by Gasteiger charge is 2.34. The van der Waals surface area contributed by atoms with Gasteiger partial charge in [-0.05, 0) is 67.3 Å². The van der Waals surface area contributed by atoms with E-state index in [1.165, 1.54) is 38.8 Å². The van der Waals surface area contributed by atoms with E-state index in [2.05, 4.69) is 4.90 Å². The fourth-order valence-electron chi connectivity index (χ4n) is 4.85. The van der Waals surface area contributed by atoms with Crippen molar-refractivity contribution < 1.29 is 5.11 Å². The Hall–Kier alpha value is -1.35. The quantitative estimate of drug-likeness (QED) is 0.793. The number of benzene rings is 2. The van der Waals surface area contributed by atoms with Crippen LogP contribution in [0.4, 0.5) is 0 Å². The van der Waals surface area contributed by atoms with E-state index in [1.54, 1.807) is 0 Å². The number of halogens is 1. The standard InChI is InChI=1S/C23H28ClNO/c24-22-10-8-21(9-11-22)23(26,20-4-2-1-3-5-20)13-15-25-14-12-18-6-7-19(16-18)17-25/h1-5,8-11,18-19,26H,6-7,12-17H2/t18-,19-,23+/m0/s1. The van der Waals surface area contributed by atoms with Crippen LogP contribution in [0, 0.1) is 11.8 Å². The number of aliphatic hydroxyl groups is 1. The third kappa shape index (κ3) is 3.83. The summed E-state index contributed by atoms with van der Waals surface area (Å²) in [4.78, 5) is 2.58. The van der Waals surface area contributed by atoms with Gasteiger partial charge in [0.05, 0.1) is 0 Å². The molecule has 2 fully saturated rings. The number of nitrogens with zero attached hydrogens (tertiary/aromatic N) is 1. The Balaban J connectivity index is 1.54. The number of hydrogen-bond acceptors (Lipinski definition) is 2. The minimum absolute atomic E-state index is 0.702. The van der Waals surface area contributed by atoms with E-state index in [0.717, 1.165) is 29.5 Å². The smallest absolute Gasteiger partial charge is 0.116 e. The maximum Gasteiger partial charge on any atom is 0.116 e. The molecular weight excluding hydrogens is 342 g/mol. The van der Waals surface area contributed by atoms with E-state index in [4.69, 9.17) is 11.6 Å². The SMILES string of the molecule is O[C@](CCN1CC[C@@H]2CC[C@@H](C2)C1)(c1ccccc1)c1ccc(Cl)cc1. The van der Waals surface area contributed by atoms with Gasteiger partial charge < -0.3 is 10.0 Å². The molecule has 1 saturated heterocycles. The molecule has 3 atom stereocenters. The van der Waals surface area contributed by atoms with Crippen molar-refractivity contribution >= 4 is 11.6 Å². The molecular formula is C23H28ClNO. The van der Waals surface area contributed by atoms with Gasteiger partial charge in [-0.1, -0.05) is 60.5 Å². The molecule has 2 bridgehead atoms. The summed E-state index contributed by atoms with van der Waals surface area (Å²) in [6.07, 6.45) is 6.26. The summed E-state index contributed by atoms with van der Waals surface area (Å²) >= 11 is 6.07. The van der Waals surface area contributed by atoms with E-state index in [1.807, 2.05) is 54.6 Å². The molecule has 1 aliphatic heterocycles. The first kappa shape index (κ1) is 18.0. The lowest BCUT2D eigenvalue weighted by Gasteiger charge is -2.33. The Morgan fingerprint density at radius 1 is 0.923 bits per heavy atom. The molecule has 2 aromatic carbocycles. The zero-order valence-electron chi connectivity index (χ0n) is 15.3. The van der Waals surface area contributed by atoms with Crippen LogP contribution in [0.3, 0.4) is 0 Å². The van der Waals surface area contributed by atoms with Crippen LogP contribution in [0.1, 0.15) is 43.2 Å². The van der Waals surface area contributed by atoms with Crippen molar-refractivity contribution in [2.75, 3.05) is 19.6 Å². The minimum atomic E-state index is -0.975. The van der Waals surface area contributed by atoms with Crippen LogP contribution < -0.4 is 0 Å². The second kappa shape index (κ2) is 7.72. The summed E-state index contributed by atoms with van der Waals surface area (Å²) in [6, 6.07) is 17.7. The van der Waals surface area contributed by atoms with Crippen molar-refractivity contribution in [1.82, 2.24) is 4.90 Å². The molecule has 1 heterocycles. The maximum atomic E-state index is 11.7. The summed E-state index contributed by atoms with van der Waals surface area (Å²) < 4.78 is 0. The monoisotopic (exact) mass is 369 g/mol. The Morgan fingerprint density at radius 3 is 2.38 bits per heavy atom. The van der Waals surface area contributed by atoms with Crippen LogP contribution in [-0.4, -0.2) is 29.6 Å². The fourth-order valence-corrected chi connectivity index (χ4v) is 4.97. The van der Waals surface area contributed by atoms with Gasteiger partial charge in [-0.15, -0.1) is 0 Å². The van der Waals surface area contributed by atoms with Crippen molar-refractivity contribution in [1.29, 1.82) is 0 Å². The van der Waals surface area contributed by atoms with Gasteiger partial charge in [0.15, 0.2) is 0 Å². The lowest BCUT2D eigenvalue weighted by molar-refractivity contribution is 0.0554. The molecule has 0 spiro atoms. The van der Waals surface area contributed by atoms with Gasteiger partial charge in [0, 0.05) is 18.1 Å². The Bertz CT molecular complexity index is 717. The van der Waals surface area contributed by atoms with Crippen LogP contribution in [0.2, 0.25) is 5.02 Å². The minimum Gasteiger partial charge on any atom is -0.380 e. The summed E-state index contributed by atoms with van der Waals surface area (Å²) in [5.41, 5.74) is 0.903. The number of hydrogen-bond donors (Lipinski definition) is 1. The van der Waals surface area contributed by atoms with Crippen molar-refractivity contribution in [2.24, 2.45) is 11.8 Å². The second-order valence-electron chi connectivity index (χ2n) is 8.12. The van der Waals surface area contributed by atoms with E-state index >= 15 is 0 Å². The first-order valence-electron chi connectivity index (χ1n) is 9.90. The van der Waals surface area contributed by atoms with Crippen molar-refractivity contribution in [2.45, 2.75) is 37.7 Å². The zero-order chi connectivity index (χ0) is 18.0. The molecule has 3 heteroatoms. The molecule has 0 radical (unpaired) electrons. The Morgan fingerprint density at radius 2 is 1.62 bits per heavy atom. The second-order valence-corrected chi connectivity index (χ2v) is 8.55. The van der Waals surface area contributed by atoms with Crippen LogP contribution in [0.5, 0.6) is 0 Å². The molecule has 138 valence electrons. The average molecular weight is 370 g/mol. The third-order valence-corrected chi connectivity index (χ3v) is 6.63. The molecule has 2 aromatic rings. The van der Waals surface area contributed by atoms with Crippen LogP contribution in [0.25, 0.3) is 0 Å². The van der Waals surface area contributed by atoms with Crippen LogP contribution in [0.15, 0.2) is 54.6 Å². The van der Waals surface area contributed by atoms with Crippen molar-refractivity contribution in [3.63, 3.8) is 0 Å². The maximum absolute atomic E-state index is 11.7. The van der Waals surface area contributed by atoms with Gasteiger partial charge in [-0.25, -0.2) is 0 Å². The molecule has 4 rings (SSSR count). The number of fused-ring (bicyclic) bond motifs is 2. The summed E-state index contributed by atoms with van der Waals surface area (Å²) in [6.45, 7) is 3.30. The highest BCUT2D eigenvalue weighted by atomic mass is 35.5. The predicted molar refractivity (Wildman–Crippen MR) is 107 cm³/mol. The van der Waals surface area contributed by atoms with Gasteiger partial charge >= 0.3 is 0 Å². The lowest BCUT2D eigenvalue weighted by Crippen LogP contribution is -2.36. The van der Waals surface area contributed by atoms with Crippen molar-refractivity contribution in [3.8, 4) is 0 Å². The molecule has 26 heavy (non-hydrogen) atoms. The van der Waals surface area contributed by atoms with Gasteiger partial charge in [0.25, 0.3) is 0 Å². The average Bonchev–Trinajstić information content (AvgIpc) is 3.01. The number of likely N-dealkylation sites (tertiary alicyclic amines) is 1. The van der Waals surface area contributed by atoms with Gasteiger partial charge in [0.2, 0.25) is 0 Å². The van der Waals surface area contributed by atoms with Gasteiger partial charge in [-0.3, -0.25) is 0 Å². The van der Waals surface area contributed by atoms with E-state index in [-0.39, 0.29) is 0 Å². The highest BCUT2D eigenvalue weighted by Crippen LogP contribution is 2.38. The first-order valence-corrected chi connectivity index (χ1v) is 10.3. The normalized spacial score (nSPS) is 25.6. The Kier molecular flexibility index (Phi) is 5.35. The summed E-state index contributed by atoms with van der Waals surface area (Å²) in [5, 5.41) is 12.4. The number of rotatable bonds is 5. The largest absolute Gasteiger partial charge is 0.380 e. The third-order valence-electron chi connectivity index (χ3n) is 6.38. The first-order chi connectivity index (χ1) is 12.6. The Labute approximate surface area is 161 Å². The molecule has 0 aromatic heterocycles. The molecule has 2 nitrogen and oxygen atoms in total. The molecule has 0 amide bonds. The molecule has 0 unspecified atom stereocenters.